The van der Waals surface area contributed by atoms with Crippen molar-refractivity contribution in [2.75, 3.05) is 19.8 Å². The molecule has 0 radical (unpaired) electrons. The van der Waals surface area contributed by atoms with E-state index in [9.17, 15) is 0 Å². The molecule has 0 spiro atoms. The number of ether oxygens (including phenoxy) is 3. The lowest BCUT2D eigenvalue weighted by Crippen LogP contribution is -2.20. The monoisotopic (exact) mass is 254 g/mol. The molecule has 0 unspecified atom stereocenters. The number of nitrogens with two attached hydrogens (primary N) is 1. The van der Waals surface area contributed by atoms with Crippen molar-refractivity contribution in [2.45, 2.75) is 33.1 Å². The van der Waals surface area contributed by atoms with E-state index in [1.807, 2.05) is 26.0 Å². The van der Waals surface area contributed by atoms with Crippen molar-refractivity contribution in [2.24, 2.45) is 5.73 Å². The Morgan fingerprint density at radius 3 is 2.44 bits per heavy atom. The molecule has 0 fully saturated rings. The van der Waals surface area contributed by atoms with Crippen molar-refractivity contribution in [3.63, 3.8) is 0 Å². The maximum absolute atomic E-state index is 5.52. The second-order valence-corrected chi connectivity index (χ2v) is 3.69. The Balaban J connectivity index is 2.30. The summed E-state index contributed by atoms with van der Waals surface area (Å²) in [7, 11) is 0. The molecular weight excluding hydrogens is 232 g/mol. The minimum atomic E-state index is -0.205. The molecule has 0 aliphatic carbocycles. The van der Waals surface area contributed by atoms with E-state index in [2.05, 4.69) is 4.98 Å². The Morgan fingerprint density at radius 1 is 1.22 bits per heavy atom. The standard InChI is InChI=1S/C13H22N2O3/c1-3-16-13(17-4-2)7-8-18-12-6-5-11(9-14)10-15-12/h5-6,10,13H,3-4,7-9,14H2,1-2H3. The second-order valence-electron chi connectivity index (χ2n) is 3.69. The van der Waals surface area contributed by atoms with Crippen LogP contribution in [-0.2, 0) is 16.0 Å². The SMILES string of the molecule is CCOC(CCOc1ccc(CN)cn1)OCC. The van der Waals surface area contributed by atoms with Gasteiger partial charge in [0, 0.05) is 38.4 Å². The zero-order valence-electron chi connectivity index (χ0n) is 11.1. The van der Waals surface area contributed by atoms with Gasteiger partial charge >= 0.3 is 0 Å². The third-order valence-electron chi connectivity index (χ3n) is 2.34. The van der Waals surface area contributed by atoms with Crippen molar-refractivity contribution in [3.05, 3.63) is 23.9 Å². The molecule has 0 bridgehead atoms. The van der Waals surface area contributed by atoms with Gasteiger partial charge in [-0.15, -0.1) is 0 Å². The molecule has 1 heterocycles. The zero-order chi connectivity index (χ0) is 13.2. The van der Waals surface area contributed by atoms with E-state index in [0.717, 1.165) is 5.56 Å². The van der Waals surface area contributed by atoms with Crippen molar-refractivity contribution in [3.8, 4) is 5.88 Å². The topological polar surface area (TPSA) is 66.6 Å². The van der Waals surface area contributed by atoms with E-state index in [-0.39, 0.29) is 6.29 Å². The quantitative estimate of drug-likeness (QED) is 0.679. The van der Waals surface area contributed by atoms with Crippen LogP contribution in [0.15, 0.2) is 18.3 Å². The summed E-state index contributed by atoms with van der Waals surface area (Å²) >= 11 is 0. The molecule has 5 nitrogen and oxygen atoms in total. The van der Waals surface area contributed by atoms with E-state index in [1.54, 1.807) is 6.20 Å². The molecule has 2 N–H and O–H groups in total. The maximum atomic E-state index is 5.52. The Hall–Kier alpha value is -1.17. The third kappa shape index (κ3) is 5.44. The molecule has 102 valence electrons. The molecular formula is C13H22N2O3. The van der Waals surface area contributed by atoms with Gasteiger partial charge in [-0.25, -0.2) is 4.98 Å². The van der Waals surface area contributed by atoms with E-state index in [4.69, 9.17) is 19.9 Å². The number of aromatic nitrogens is 1. The highest BCUT2D eigenvalue weighted by Gasteiger charge is 2.08. The van der Waals surface area contributed by atoms with Gasteiger partial charge in [0.25, 0.3) is 0 Å². The van der Waals surface area contributed by atoms with Gasteiger partial charge in [-0.05, 0) is 19.4 Å². The van der Waals surface area contributed by atoms with Gasteiger partial charge in [-0.2, -0.15) is 0 Å². The summed E-state index contributed by atoms with van der Waals surface area (Å²) in [6, 6.07) is 3.73. The van der Waals surface area contributed by atoms with E-state index < -0.39 is 0 Å². The number of rotatable bonds is 9. The molecule has 0 aliphatic heterocycles. The van der Waals surface area contributed by atoms with Gasteiger partial charge < -0.3 is 19.9 Å². The lowest BCUT2D eigenvalue weighted by atomic mass is 10.3. The first-order valence-electron chi connectivity index (χ1n) is 6.31. The van der Waals surface area contributed by atoms with Crippen molar-refractivity contribution >= 4 is 0 Å². The van der Waals surface area contributed by atoms with Crippen LogP contribution in [0.5, 0.6) is 5.88 Å². The van der Waals surface area contributed by atoms with E-state index in [0.29, 0.717) is 38.7 Å². The summed E-state index contributed by atoms with van der Waals surface area (Å²) < 4.78 is 16.4. The van der Waals surface area contributed by atoms with Gasteiger partial charge in [0.15, 0.2) is 6.29 Å². The first kappa shape index (κ1) is 14.9. The molecule has 0 saturated heterocycles. The Labute approximate surface area is 108 Å². The van der Waals surface area contributed by atoms with E-state index >= 15 is 0 Å². The number of hydrogen-bond acceptors (Lipinski definition) is 5. The molecule has 18 heavy (non-hydrogen) atoms. The second kappa shape index (κ2) is 8.85. The molecule has 0 aliphatic rings. The van der Waals surface area contributed by atoms with E-state index in [1.165, 1.54) is 0 Å². The molecule has 1 rings (SSSR count). The van der Waals surface area contributed by atoms with Crippen LogP contribution in [-0.4, -0.2) is 31.1 Å². The van der Waals surface area contributed by atoms with Crippen LogP contribution in [0.25, 0.3) is 0 Å². The summed E-state index contributed by atoms with van der Waals surface area (Å²) in [6.07, 6.45) is 2.20. The van der Waals surface area contributed by atoms with Crippen LogP contribution in [0, 0.1) is 0 Å². The number of pyridine rings is 1. The highest BCUT2D eigenvalue weighted by molar-refractivity contribution is 5.17. The van der Waals surface area contributed by atoms with Crippen LogP contribution < -0.4 is 10.5 Å². The van der Waals surface area contributed by atoms with Crippen molar-refractivity contribution in [1.29, 1.82) is 0 Å². The highest BCUT2D eigenvalue weighted by Crippen LogP contribution is 2.09. The van der Waals surface area contributed by atoms with Crippen LogP contribution in [0.4, 0.5) is 0 Å². The van der Waals surface area contributed by atoms with Crippen LogP contribution in [0.1, 0.15) is 25.8 Å². The highest BCUT2D eigenvalue weighted by atomic mass is 16.7. The minimum absolute atomic E-state index is 0.205. The van der Waals surface area contributed by atoms with Gasteiger partial charge in [0.05, 0.1) is 6.61 Å². The third-order valence-corrected chi connectivity index (χ3v) is 2.34. The summed E-state index contributed by atoms with van der Waals surface area (Å²) in [5.41, 5.74) is 6.48. The minimum Gasteiger partial charge on any atom is -0.477 e. The van der Waals surface area contributed by atoms with Gasteiger partial charge in [0.2, 0.25) is 5.88 Å². The maximum Gasteiger partial charge on any atom is 0.213 e. The fourth-order valence-corrected chi connectivity index (χ4v) is 1.46. The van der Waals surface area contributed by atoms with Crippen LogP contribution >= 0.6 is 0 Å². The average Bonchev–Trinajstić information content (AvgIpc) is 2.40. The summed E-state index contributed by atoms with van der Waals surface area (Å²) in [4.78, 5) is 4.15. The summed E-state index contributed by atoms with van der Waals surface area (Å²) in [6.45, 7) is 6.16. The largest absolute Gasteiger partial charge is 0.477 e. The molecule has 0 amide bonds. The molecule has 5 heteroatoms. The first-order valence-corrected chi connectivity index (χ1v) is 6.31. The summed E-state index contributed by atoms with van der Waals surface area (Å²) in [5, 5.41) is 0. The average molecular weight is 254 g/mol. The van der Waals surface area contributed by atoms with Gasteiger partial charge in [-0.1, -0.05) is 6.07 Å². The molecule has 0 saturated carbocycles. The number of nitrogens with zero attached hydrogens (tertiary/aromatic N) is 1. The van der Waals surface area contributed by atoms with Crippen LogP contribution in [0.3, 0.4) is 0 Å². The normalized spacial score (nSPS) is 10.9. The fraction of sp³-hybridized carbons (Fsp3) is 0.615. The van der Waals surface area contributed by atoms with Gasteiger partial charge in [-0.3, -0.25) is 0 Å². The lowest BCUT2D eigenvalue weighted by Gasteiger charge is -2.16. The Kier molecular flexibility index (Phi) is 7.32. The smallest absolute Gasteiger partial charge is 0.213 e. The number of hydrogen-bond donors (Lipinski definition) is 1. The van der Waals surface area contributed by atoms with Crippen LogP contribution in [0.2, 0.25) is 0 Å². The van der Waals surface area contributed by atoms with Crippen molar-refractivity contribution < 1.29 is 14.2 Å². The Morgan fingerprint density at radius 2 is 1.94 bits per heavy atom. The first-order chi connectivity index (χ1) is 8.80. The predicted molar refractivity (Wildman–Crippen MR) is 69.3 cm³/mol. The molecule has 1 aromatic rings. The zero-order valence-corrected chi connectivity index (χ0v) is 11.1. The van der Waals surface area contributed by atoms with Gasteiger partial charge in [0.1, 0.15) is 0 Å². The lowest BCUT2D eigenvalue weighted by molar-refractivity contribution is -0.142. The van der Waals surface area contributed by atoms with Crippen molar-refractivity contribution in [1.82, 2.24) is 4.98 Å². The Bertz CT molecular complexity index is 311. The molecule has 1 aromatic heterocycles. The molecule has 0 atom stereocenters. The fourth-order valence-electron chi connectivity index (χ4n) is 1.46. The summed E-state index contributed by atoms with van der Waals surface area (Å²) in [5.74, 6) is 0.596. The molecule has 0 aromatic carbocycles. The predicted octanol–water partition coefficient (Wildman–Crippen LogP) is 1.71.